The van der Waals surface area contributed by atoms with Crippen LogP contribution in [0.4, 0.5) is 0 Å². The van der Waals surface area contributed by atoms with E-state index in [1.54, 1.807) is 0 Å². The third-order valence-electron chi connectivity index (χ3n) is 4.56. The number of carbonyl (C=O) groups excluding carboxylic acids is 1. The number of hydrogen-bond donors (Lipinski definition) is 0. The number of aromatic nitrogens is 2. The second kappa shape index (κ2) is 7.40. The molecule has 1 aromatic carbocycles. The average molecular weight is 344 g/mol. The lowest BCUT2D eigenvalue weighted by Gasteiger charge is -2.34. The van der Waals surface area contributed by atoms with Crippen LogP contribution in [-0.4, -0.2) is 51.5 Å². The monoisotopic (exact) mass is 344 g/mol. The summed E-state index contributed by atoms with van der Waals surface area (Å²) in [6.45, 7) is 10.6. The van der Waals surface area contributed by atoms with Gasteiger partial charge in [-0.25, -0.2) is 0 Å². The number of carbonyl (C=O) groups is 1. The lowest BCUT2D eigenvalue weighted by atomic mass is 10.0. The Balaban J connectivity index is 1.53. The van der Waals surface area contributed by atoms with Gasteiger partial charge in [0, 0.05) is 32.7 Å². The van der Waals surface area contributed by atoms with Crippen LogP contribution in [0, 0.1) is 6.92 Å². The van der Waals surface area contributed by atoms with E-state index in [1.807, 2.05) is 11.8 Å². The van der Waals surface area contributed by atoms with Crippen molar-refractivity contribution in [2.75, 3.05) is 26.2 Å². The van der Waals surface area contributed by atoms with Crippen molar-refractivity contribution in [1.82, 2.24) is 19.4 Å². The first kappa shape index (κ1) is 17.0. The first-order valence-electron chi connectivity index (χ1n) is 8.44. The van der Waals surface area contributed by atoms with Crippen LogP contribution in [0.25, 0.3) is 0 Å². The second-order valence-electron chi connectivity index (χ2n) is 6.65. The van der Waals surface area contributed by atoms with Crippen molar-refractivity contribution in [2.45, 2.75) is 33.2 Å². The number of nitrogens with zero attached hydrogens (tertiary/aromatic N) is 4. The molecule has 1 fully saturated rings. The Labute approximate surface area is 147 Å². The third kappa shape index (κ3) is 3.82. The van der Waals surface area contributed by atoms with E-state index < -0.39 is 0 Å². The molecule has 0 N–H and O–H groups in total. The van der Waals surface area contributed by atoms with Crippen molar-refractivity contribution in [3.05, 3.63) is 46.0 Å². The zero-order chi connectivity index (χ0) is 17.1. The Morgan fingerprint density at radius 2 is 1.83 bits per heavy atom. The Hall–Kier alpha value is -1.79. The van der Waals surface area contributed by atoms with Gasteiger partial charge in [0.1, 0.15) is 4.88 Å². The molecular formula is C18H24N4OS. The van der Waals surface area contributed by atoms with Gasteiger partial charge in [-0.3, -0.25) is 9.69 Å². The number of rotatable bonds is 4. The Kier molecular flexibility index (Phi) is 5.26. The molecule has 0 atom stereocenters. The lowest BCUT2D eigenvalue weighted by Crippen LogP contribution is -2.48. The standard InChI is InChI=1S/C18H24N4OS/c1-13(2)16-6-4-15(5-7-16)12-21-8-10-22(11-9-21)18(23)17-14(3)19-20-24-17/h4-7,13H,8-12H2,1-3H3. The maximum Gasteiger partial charge on any atom is 0.267 e. The van der Waals surface area contributed by atoms with E-state index in [0.29, 0.717) is 10.8 Å². The molecule has 2 heterocycles. The van der Waals surface area contributed by atoms with Crippen molar-refractivity contribution >= 4 is 17.4 Å². The number of benzene rings is 1. The molecule has 1 amide bonds. The number of aryl methyl sites for hydroxylation is 1. The highest BCUT2D eigenvalue weighted by Gasteiger charge is 2.24. The molecule has 3 rings (SSSR count). The van der Waals surface area contributed by atoms with Gasteiger partial charge >= 0.3 is 0 Å². The molecule has 2 aromatic rings. The van der Waals surface area contributed by atoms with Crippen LogP contribution < -0.4 is 0 Å². The van der Waals surface area contributed by atoms with Crippen LogP contribution in [-0.2, 0) is 6.54 Å². The fourth-order valence-electron chi connectivity index (χ4n) is 2.95. The van der Waals surface area contributed by atoms with Crippen molar-refractivity contribution in [1.29, 1.82) is 0 Å². The van der Waals surface area contributed by atoms with E-state index in [1.165, 1.54) is 22.7 Å². The highest BCUT2D eigenvalue weighted by Crippen LogP contribution is 2.18. The molecule has 1 aromatic heterocycles. The summed E-state index contributed by atoms with van der Waals surface area (Å²) in [7, 11) is 0. The summed E-state index contributed by atoms with van der Waals surface area (Å²) in [4.78, 5) is 17.5. The number of amides is 1. The minimum Gasteiger partial charge on any atom is -0.335 e. The molecule has 0 spiro atoms. The maximum atomic E-state index is 12.5. The van der Waals surface area contributed by atoms with E-state index in [9.17, 15) is 4.79 Å². The molecule has 6 heteroatoms. The molecule has 1 saturated heterocycles. The molecule has 1 aliphatic rings. The summed E-state index contributed by atoms with van der Waals surface area (Å²) >= 11 is 1.19. The highest BCUT2D eigenvalue weighted by molar-refractivity contribution is 7.07. The van der Waals surface area contributed by atoms with E-state index in [2.05, 4.69) is 52.6 Å². The summed E-state index contributed by atoms with van der Waals surface area (Å²) < 4.78 is 3.86. The van der Waals surface area contributed by atoms with E-state index in [0.717, 1.165) is 38.4 Å². The van der Waals surface area contributed by atoms with Gasteiger partial charge in [0.2, 0.25) is 0 Å². The normalized spacial score (nSPS) is 15.9. The summed E-state index contributed by atoms with van der Waals surface area (Å²) in [6, 6.07) is 8.89. The van der Waals surface area contributed by atoms with Gasteiger partial charge in [0.15, 0.2) is 0 Å². The molecule has 5 nitrogen and oxygen atoms in total. The smallest absolute Gasteiger partial charge is 0.267 e. The predicted molar refractivity (Wildman–Crippen MR) is 96.4 cm³/mol. The minimum atomic E-state index is 0.0726. The van der Waals surface area contributed by atoms with Gasteiger partial charge in [0.25, 0.3) is 5.91 Å². The van der Waals surface area contributed by atoms with Crippen LogP contribution in [0.2, 0.25) is 0 Å². The topological polar surface area (TPSA) is 49.3 Å². The van der Waals surface area contributed by atoms with Gasteiger partial charge < -0.3 is 4.90 Å². The first-order chi connectivity index (χ1) is 11.5. The molecule has 128 valence electrons. The summed E-state index contributed by atoms with van der Waals surface area (Å²) in [6.07, 6.45) is 0. The summed E-state index contributed by atoms with van der Waals surface area (Å²) in [5.74, 6) is 0.640. The van der Waals surface area contributed by atoms with Gasteiger partial charge in [-0.15, -0.1) is 5.10 Å². The number of piperazine rings is 1. The van der Waals surface area contributed by atoms with Crippen molar-refractivity contribution in [3.63, 3.8) is 0 Å². The molecule has 0 bridgehead atoms. The zero-order valence-electron chi connectivity index (χ0n) is 14.5. The lowest BCUT2D eigenvalue weighted by molar-refractivity contribution is 0.0632. The van der Waals surface area contributed by atoms with E-state index >= 15 is 0 Å². The molecule has 0 saturated carbocycles. The average Bonchev–Trinajstić information content (AvgIpc) is 3.01. The van der Waals surface area contributed by atoms with Crippen LogP contribution in [0.15, 0.2) is 24.3 Å². The molecular weight excluding hydrogens is 320 g/mol. The van der Waals surface area contributed by atoms with Gasteiger partial charge in [-0.1, -0.05) is 42.6 Å². The fourth-order valence-corrected chi connectivity index (χ4v) is 3.57. The Morgan fingerprint density at radius 3 is 2.38 bits per heavy atom. The Bertz CT molecular complexity index is 687. The highest BCUT2D eigenvalue weighted by atomic mass is 32.1. The maximum absolute atomic E-state index is 12.5. The van der Waals surface area contributed by atoms with Crippen LogP contribution in [0.3, 0.4) is 0 Å². The van der Waals surface area contributed by atoms with Gasteiger partial charge in [-0.2, -0.15) is 0 Å². The van der Waals surface area contributed by atoms with Crippen molar-refractivity contribution in [3.8, 4) is 0 Å². The van der Waals surface area contributed by atoms with Gasteiger partial charge in [0.05, 0.1) is 5.69 Å². The predicted octanol–water partition coefficient (Wildman–Crippen LogP) is 2.93. The van der Waals surface area contributed by atoms with Crippen LogP contribution >= 0.6 is 11.5 Å². The third-order valence-corrected chi connectivity index (χ3v) is 5.37. The second-order valence-corrected chi connectivity index (χ2v) is 7.41. The Morgan fingerprint density at radius 1 is 1.17 bits per heavy atom. The quantitative estimate of drug-likeness (QED) is 0.856. The van der Waals surface area contributed by atoms with E-state index in [4.69, 9.17) is 0 Å². The van der Waals surface area contributed by atoms with Gasteiger partial charge in [-0.05, 0) is 35.5 Å². The molecule has 1 aliphatic heterocycles. The first-order valence-corrected chi connectivity index (χ1v) is 9.21. The van der Waals surface area contributed by atoms with E-state index in [-0.39, 0.29) is 5.91 Å². The number of hydrogen-bond acceptors (Lipinski definition) is 5. The molecule has 0 aliphatic carbocycles. The summed E-state index contributed by atoms with van der Waals surface area (Å²) in [5.41, 5.74) is 3.45. The van der Waals surface area contributed by atoms with Crippen LogP contribution in [0.5, 0.6) is 0 Å². The minimum absolute atomic E-state index is 0.0726. The van der Waals surface area contributed by atoms with Crippen molar-refractivity contribution < 1.29 is 4.79 Å². The molecule has 0 unspecified atom stereocenters. The zero-order valence-corrected chi connectivity index (χ0v) is 15.3. The molecule has 24 heavy (non-hydrogen) atoms. The molecule has 0 radical (unpaired) electrons. The van der Waals surface area contributed by atoms with Crippen LogP contribution in [0.1, 0.15) is 46.3 Å². The summed E-state index contributed by atoms with van der Waals surface area (Å²) in [5, 5.41) is 3.93. The fraction of sp³-hybridized carbons (Fsp3) is 0.500. The van der Waals surface area contributed by atoms with Crippen molar-refractivity contribution in [2.24, 2.45) is 0 Å². The largest absolute Gasteiger partial charge is 0.335 e. The SMILES string of the molecule is Cc1nnsc1C(=O)N1CCN(Cc2ccc(C(C)C)cc2)CC1.